The van der Waals surface area contributed by atoms with Gasteiger partial charge in [-0.1, -0.05) is 17.7 Å². The van der Waals surface area contributed by atoms with Gasteiger partial charge in [0.1, 0.15) is 23.2 Å². The highest BCUT2D eigenvalue weighted by Crippen LogP contribution is 2.30. The first-order valence-corrected chi connectivity index (χ1v) is 7.35. The summed E-state index contributed by atoms with van der Waals surface area (Å²) in [5.41, 5.74) is 4.02. The molecule has 0 spiro atoms. The molecule has 1 aromatic heterocycles. The van der Waals surface area contributed by atoms with Crippen molar-refractivity contribution in [3.8, 4) is 0 Å². The predicted octanol–water partition coefficient (Wildman–Crippen LogP) is 4.54. The predicted molar refractivity (Wildman–Crippen MR) is 84.5 cm³/mol. The van der Waals surface area contributed by atoms with Crippen molar-refractivity contribution < 1.29 is 8.81 Å². The molecule has 1 atom stereocenters. The number of fused-ring (bicyclic) bond motifs is 1. The van der Waals surface area contributed by atoms with Crippen LogP contribution in [0.25, 0.3) is 11.0 Å². The van der Waals surface area contributed by atoms with Gasteiger partial charge in [-0.2, -0.15) is 0 Å². The molecule has 0 amide bonds. The Kier molecular flexibility index (Phi) is 3.99. The summed E-state index contributed by atoms with van der Waals surface area (Å²) in [6.07, 6.45) is 0. The van der Waals surface area contributed by atoms with E-state index in [1.807, 2.05) is 6.07 Å². The van der Waals surface area contributed by atoms with Crippen molar-refractivity contribution in [3.05, 3.63) is 69.1 Å². The minimum absolute atomic E-state index is 0.355. The van der Waals surface area contributed by atoms with Gasteiger partial charge < -0.3 is 4.42 Å². The number of hydrogen-bond donors (Lipinski definition) is 2. The number of nitrogens with one attached hydrogen (secondary N) is 1. The van der Waals surface area contributed by atoms with Crippen molar-refractivity contribution in [3.63, 3.8) is 0 Å². The van der Waals surface area contributed by atoms with Crippen LogP contribution in [-0.4, -0.2) is 0 Å². The summed E-state index contributed by atoms with van der Waals surface area (Å²) in [7, 11) is 0. The van der Waals surface area contributed by atoms with E-state index in [0.717, 1.165) is 5.39 Å². The third-order valence-electron chi connectivity index (χ3n) is 3.23. The lowest BCUT2D eigenvalue weighted by molar-refractivity contribution is 0.475. The van der Waals surface area contributed by atoms with Crippen molar-refractivity contribution in [2.45, 2.75) is 6.04 Å². The molecule has 21 heavy (non-hydrogen) atoms. The molecule has 3 rings (SSSR count). The number of halogens is 3. The van der Waals surface area contributed by atoms with Gasteiger partial charge in [0, 0.05) is 10.4 Å². The van der Waals surface area contributed by atoms with Crippen LogP contribution in [0, 0.1) is 5.82 Å². The van der Waals surface area contributed by atoms with E-state index >= 15 is 0 Å². The molecule has 1 unspecified atom stereocenters. The minimum atomic E-state index is -0.446. The highest BCUT2D eigenvalue weighted by atomic mass is 79.9. The van der Waals surface area contributed by atoms with Crippen molar-refractivity contribution in [1.29, 1.82) is 0 Å². The van der Waals surface area contributed by atoms with E-state index in [9.17, 15) is 4.39 Å². The second-order valence-corrected chi connectivity index (χ2v) is 5.89. The van der Waals surface area contributed by atoms with Crippen LogP contribution in [-0.2, 0) is 0 Å². The Morgan fingerprint density at radius 3 is 2.71 bits per heavy atom. The van der Waals surface area contributed by atoms with E-state index in [1.165, 1.54) is 6.07 Å². The summed E-state index contributed by atoms with van der Waals surface area (Å²) in [5.74, 6) is 5.85. The van der Waals surface area contributed by atoms with Crippen molar-refractivity contribution >= 4 is 38.5 Å². The molecule has 0 fully saturated rings. The SMILES string of the molecule is NNC(c1ccc(Br)c(F)c1)c1cc2cc(Cl)ccc2o1. The maximum Gasteiger partial charge on any atom is 0.137 e. The molecule has 0 bridgehead atoms. The lowest BCUT2D eigenvalue weighted by Gasteiger charge is -2.14. The molecule has 1 heterocycles. The van der Waals surface area contributed by atoms with Crippen LogP contribution in [0.3, 0.4) is 0 Å². The summed E-state index contributed by atoms with van der Waals surface area (Å²) in [6.45, 7) is 0. The fourth-order valence-corrected chi connectivity index (χ4v) is 2.64. The zero-order valence-electron chi connectivity index (χ0n) is 10.7. The molecule has 0 aliphatic rings. The number of rotatable bonds is 3. The van der Waals surface area contributed by atoms with Crippen LogP contribution in [0.5, 0.6) is 0 Å². The normalized spacial score (nSPS) is 12.8. The lowest BCUT2D eigenvalue weighted by Crippen LogP contribution is -2.28. The van der Waals surface area contributed by atoms with Gasteiger partial charge in [-0.25, -0.2) is 9.82 Å². The maximum atomic E-state index is 13.7. The topological polar surface area (TPSA) is 51.2 Å². The molecule has 3 N–H and O–H groups in total. The summed E-state index contributed by atoms with van der Waals surface area (Å²) in [4.78, 5) is 0. The largest absolute Gasteiger partial charge is 0.459 e. The lowest BCUT2D eigenvalue weighted by atomic mass is 10.0. The van der Waals surface area contributed by atoms with E-state index in [2.05, 4.69) is 21.4 Å². The molecule has 0 aliphatic carbocycles. The quantitative estimate of drug-likeness (QED) is 0.526. The van der Waals surface area contributed by atoms with Gasteiger partial charge in [0.05, 0.1) is 4.47 Å². The number of nitrogens with two attached hydrogens (primary N) is 1. The first kappa shape index (κ1) is 14.5. The average molecular weight is 370 g/mol. The van der Waals surface area contributed by atoms with E-state index < -0.39 is 6.04 Å². The van der Waals surface area contributed by atoms with Gasteiger partial charge in [-0.15, -0.1) is 0 Å². The molecule has 0 aliphatic heterocycles. The van der Waals surface area contributed by atoms with Crippen molar-refractivity contribution in [1.82, 2.24) is 5.43 Å². The molecule has 3 aromatic rings. The summed E-state index contributed by atoms with van der Waals surface area (Å²) < 4.78 is 19.9. The van der Waals surface area contributed by atoms with Gasteiger partial charge in [0.25, 0.3) is 0 Å². The van der Waals surface area contributed by atoms with E-state index in [-0.39, 0.29) is 5.82 Å². The Hall–Kier alpha value is -1.40. The Balaban J connectivity index is 2.06. The van der Waals surface area contributed by atoms with Gasteiger partial charge in [0.2, 0.25) is 0 Å². The number of hydrogen-bond acceptors (Lipinski definition) is 3. The maximum absolute atomic E-state index is 13.7. The highest BCUT2D eigenvalue weighted by Gasteiger charge is 2.18. The Labute approximate surface area is 134 Å². The van der Waals surface area contributed by atoms with E-state index in [1.54, 1.807) is 30.3 Å². The Morgan fingerprint density at radius 2 is 2.00 bits per heavy atom. The van der Waals surface area contributed by atoms with Crippen LogP contribution in [0.4, 0.5) is 4.39 Å². The van der Waals surface area contributed by atoms with Crippen LogP contribution < -0.4 is 11.3 Å². The van der Waals surface area contributed by atoms with Crippen molar-refractivity contribution in [2.24, 2.45) is 5.84 Å². The monoisotopic (exact) mass is 368 g/mol. The fourth-order valence-electron chi connectivity index (χ4n) is 2.21. The summed E-state index contributed by atoms with van der Waals surface area (Å²) in [6, 6.07) is 11.6. The van der Waals surface area contributed by atoms with Gasteiger partial charge >= 0.3 is 0 Å². The van der Waals surface area contributed by atoms with Gasteiger partial charge in [-0.05, 0) is 57.9 Å². The first-order valence-electron chi connectivity index (χ1n) is 6.18. The molecule has 0 saturated carbocycles. The smallest absolute Gasteiger partial charge is 0.137 e. The average Bonchev–Trinajstić information content (AvgIpc) is 2.86. The first-order chi connectivity index (χ1) is 10.1. The van der Waals surface area contributed by atoms with Crippen LogP contribution in [0.15, 0.2) is 51.4 Å². The van der Waals surface area contributed by atoms with Crippen LogP contribution in [0.2, 0.25) is 5.02 Å². The fraction of sp³-hybridized carbons (Fsp3) is 0.0667. The highest BCUT2D eigenvalue weighted by molar-refractivity contribution is 9.10. The molecule has 6 heteroatoms. The van der Waals surface area contributed by atoms with E-state index in [4.69, 9.17) is 21.9 Å². The molecule has 0 saturated heterocycles. The van der Waals surface area contributed by atoms with Gasteiger partial charge in [-0.3, -0.25) is 5.84 Å². The zero-order valence-corrected chi connectivity index (χ0v) is 13.1. The molecule has 3 nitrogen and oxygen atoms in total. The van der Waals surface area contributed by atoms with Gasteiger partial charge in [0.15, 0.2) is 0 Å². The van der Waals surface area contributed by atoms with E-state index in [0.29, 0.717) is 26.4 Å². The number of hydrazine groups is 1. The molecule has 108 valence electrons. The third-order valence-corrected chi connectivity index (χ3v) is 4.10. The minimum Gasteiger partial charge on any atom is -0.459 e. The third kappa shape index (κ3) is 2.82. The Bertz CT molecular complexity index is 805. The van der Waals surface area contributed by atoms with Crippen molar-refractivity contribution in [2.75, 3.05) is 0 Å². The van der Waals surface area contributed by atoms with Crippen LogP contribution >= 0.6 is 27.5 Å². The number of benzene rings is 2. The second-order valence-electron chi connectivity index (χ2n) is 4.60. The molecular formula is C15H11BrClFN2O. The summed E-state index contributed by atoms with van der Waals surface area (Å²) >= 11 is 9.09. The Morgan fingerprint density at radius 1 is 1.19 bits per heavy atom. The molecule has 2 aromatic carbocycles. The molecule has 0 radical (unpaired) electrons. The molecular weight excluding hydrogens is 359 g/mol. The van der Waals surface area contributed by atoms with Crippen LogP contribution in [0.1, 0.15) is 17.4 Å². The standard InChI is InChI=1S/C15H11BrClFN2O/c16-11-3-1-8(6-12(11)18)15(20-19)14-7-9-5-10(17)2-4-13(9)21-14/h1-7,15,20H,19H2. The zero-order chi connectivity index (χ0) is 15.0. The summed E-state index contributed by atoms with van der Waals surface area (Å²) in [5, 5.41) is 1.50. The second kappa shape index (κ2) is 5.77. The number of furan rings is 1.